The monoisotopic (exact) mass is 557 g/mol. The molecule has 2 N–H and O–H groups in total. The van der Waals surface area contributed by atoms with Crippen LogP contribution < -0.4 is 10.6 Å². The molecule has 164 valence electrons. The Hall–Kier alpha value is -0.840. The molecule has 2 fully saturated rings. The third-order valence-corrected chi connectivity index (χ3v) is 7.96. The Kier molecular flexibility index (Phi) is 9.73. The molecule has 0 aliphatic carbocycles. The number of hydrogen-bond acceptors (Lipinski definition) is 5. The summed E-state index contributed by atoms with van der Waals surface area (Å²) in [4.78, 5) is 11.5. The maximum Gasteiger partial charge on any atom is 0.191 e. The number of benzene rings is 1. The Bertz CT molecular complexity index is 757. The van der Waals surface area contributed by atoms with Gasteiger partial charge >= 0.3 is 0 Å². The zero-order valence-electron chi connectivity index (χ0n) is 17.5. The van der Waals surface area contributed by atoms with Crippen molar-refractivity contribution in [2.75, 3.05) is 19.3 Å². The summed E-state index contributed by atoms with van der Waals surface area (Å²) in [5, 5.41) is 9.22. The van der Waals surface area contributed by atoms with Gasteiger partial charge in [-0.05, 0) is 37.7 Å². The molecule has 30 heavy (non-hydrogen) atoms. The zero-order chi connectivity index (χ0) is 19.9. The van der Waals surface area contributed by atoms with Crippen LogP contribution in [-0.4, -0.2) is 53.3 Å². The minimum atomic E-state index is 0. The van der Waals surface area contributed by atoms with Crippen LogP contribution >= 0.6 is 47.1 Å². The van der Waals surface area contributed by atoms with Crippen molar-refractivity contribution in [2.24, 2.45) is 4.99 Å². The number of thioether (sulfide) groups is 1. The van der Waals surface area contributed by atoms with E-state index in [1.54, 1.807) is 11.3 Å². The average molecular weight is 558 g/mol. The number of guanidine groups is 1. The molecule has 5 nitrogen and oxygen atoms in total. The second-order valence-corrected chi connectivity index (χ2v) is 10.1. The molecule has 2 aromatic rings. The van der Waals surface area contributed by atoms with Crippen molar-refractivity contribution in [3.8, 4) is 0 Å². The Balaban J connectivity index is 0.00000256. The first-order chi connectivity index (χ1) is 14.3. The molecule has 2 unspecified atom stereocenters. The summed E-state index contributed by atoms with van der Waals surface area (Å²) in [7, 11) is 1.87. The Morgan fingerprint density at radius 2 is 2.00 bits per heavy atom. The molecule has 1 aromatic carbocycles. The number of rotatable bonds is 8. The smallest absolute Gasteiger partial charge is 0.191 e. The van der Waals surface area contributed by atoms with Gasteiger partial charge in [-0.25, -0.2) is 4.98 Å². The molecule has 0 saturated carbocycles. The van der Waals surface area contributed by atoms with E-state index in [4.69, 9.17) is 0 Å². The summed E-state index contributed by atoms with van der Waals surface area (Å²) in [6.45, 7) is 2.03. The molecule has 2 saturated heterocycles. The first-order valence-corrected chi connectivity index (χ1v) is 12.5. The summed E-state index contributed by atoms with van der Waals surface area (Å²) >= 11 is 3.55. The maximum absolute atomic E-state index is 4.45. The highest BCUT2D eigenvalue weighted by Gasteiger charge is 2.40. The Morgan fingerprint density at radius 1 is 1.23 bits per heavy atom. The standard InChI is InChI=1S/C22H31N5S2.HI/c1-23-21(24-10-5-12-28-22-25-11-13-29-22)26-18-14-19-8-9-20(15-18)27(19)16-17-6-3-2-4-7-17;/h2-4,6-7,11,13,18-20H,5,8-10,12,14-16H2,1H3,(H2,23,24,26);1H. The molecule has 0 radical (unpaired) electrons. The fraction of sp³-hybridized carbons (Fsp3) is 0.545. The van der Waals surface area contributed by atoms with Crippen molar-refractivity contribution in [1.29, 1.82) is 0 Å². The molecule has 1 aromatic heterocycles. The van der Waals surface area contributed by atoms with Crippen molar-refractivity contribution in [2.45, 2.75) is 61.1 Å². The van der Waals surface area contributed by atoms with Gasteiger partial charge in [0.15, 0.2) is 5.96 Å². The molecular formula is C22H32IN5S2. The molecule has 0 spiro atoms. The van der Waals surface area contributed by atoms with Gasteiger partial charge in [0, 0.05) is 55.6 Å². The van der Waals surface area contributed by atoms with Crippen LogP contribution in [0.1, 0.15) is 37.7 Å². The molecule has 2 atom stereocenters. The van der Waals surface area contributed by atoms with E-state index in [1.807, 2.05) is 30.4 Å². The molecule has 2 aliphatic heterocycles. The third kappa shape index (κ3) is 6.58. The lowest BCUT2D eigenvalue weighted by Gasteiger charge is -2.39. The lowest BCUT2D eigenvalue weighted by Crippen LogP contribution is -2.52. The molecule has 8 heteroatoms. The lowest BCUT2D eigenvalue weighted by atomic mass is 9.96. The number of piperidine rings is 1. The molecule has 3 heterocycles. The van der Waals surface area contributed by atoms with E-state index >= 15 is 0 Å². The number of halogens is 1. The van der Waals surface area contributed by atoms with Gasteiger partial charge in [-0.1, -0.05) is 42.1 Å². The highest BCUT2D eigenvalue weighted by atomic mass is 127. The van der Waals surface area contributed by atoms with Crippen LogP contribution in [0.5, 0.6) is 0 Å². The Labute approximate surface area is 205 Å². The van der Waals surface area contributed by atoms with E-state index < -0.39 is 0 Å². The first kappa shape index (κ1) is 23.8. The van der Waals surface area contributed by atoms with E-state index in [2.05, 4.69) is 55.8 Å². The first-order valence-electron chi connectivity index (χ1n) is 10.6. The highest BCUT2D eigenvalue weighted by Crippen LogP contribution is 2.36. The number of nitrogens with one attached hydrogen (secondary N) is 2. The molecular weight excluding hydrogens is 525 g/mol. The molecule has 2 bridgehead atoms. The fourth-order valence-corrected chi connectivity index (χ4v) is 6.20. The van der Waals surface area contributed by atoms with Gasteiger partial charge in [0.2, 0.25) is 0 Å². The summed E-state index contributed by atoms with van der Waals surface area (Å²) in [5.41, 5.74) is 1.43. The van der Waals surface area contributed by atoms with Gasteiger partial charge in [-0.15, -0.1) is 35.3 Å². The maximum atomic E-state index is 4.45. The lowest BCUT2D eigenvalue weighted by molar-refractivity contribution is 0.114. The second kappa shape index (κ2) is 12.3. The Morgan fingerprint density at radius 3 is 2.67 bits per heavy atom. The summed E-state index contributed by atoms with van der Waals surface area (Å²) in [6, 6.07) is 12.8. The summed E-state index contributed by atoms with van der Waals surface area (Å²) in [6.07, 6.45) is 8.06. The summed E-state index contributed by atoms with van der Waals surface area (Å²) in [5.74, 6) is 2.03. The number of aliphatic imine (C=N–C) groups is 1. The third-order valence-electron chi connectivity index (χ3n) is 5.91. The average Bonchev–Trinajstić information content (AvgIpc) is 3.33. The van der Waals surface area contributed by atoms with Crippen LogP contribution in [0.15, 0.2) is 51.2 Å². The van der Waals surface area contributed by atoms with E-state index in [-0.39, 0.29) is 24.0 Å². The van der Waals surface area contributed by atoms with Crippen LogP contribution in [0.3, 0.4) is 0 Å². The zero-order valence-corrected chi connectivity index (χ0v) is 21.5. The van der Waals surface area contributed by atoms with E-state index in [9.17, 15) is 0 Å². The van der Waals surface area contributed by atoms with Gasteiger partial charge in [0.25, 0.3) is 0 Å². The van der Waals surface area contributed by atoms with Crippen LogP contribution in [0.25, 0.3) is 0 Å². The van der Waals surface area contributed by atoms with Crippen LogP contribution in [-0.2, 0) is 6.54 Å². The number of hydrogen-bond donors (Lipinski definition) is 2. The van der Waals surface area contributed by atoms with Crippen LogP contribution in [0, 0.1) is 0 Å². The number of nitrogens with zero attached hydrogens (tertiary/aromatic N) is 3. The normalized spacial score (nSPS) is 23.8. The largest absolute Gasteiger partial charge is 0.356 e. The van der Waals surface area contributed by atoms with Crippen molar-refractivity contribution < 1.29 is 0 Å². The predicted molar refractivity (Wildman–Crippen MR) is 139 cm³/mol. The van der Waals surface area contributed by atoms with Gasteiger partial charge in [-0.3, -0.25) is 9.89 Å². The fourth-order valence-electron chi connectivity index (χ4n) is 4.55. The summed E-state index contributed by atoms with van der Waals surface area (Å²) < 4.78 is 1.16. The minimum Gasteiger partial charge on any atom is -0.356 e. The topological polar surface area (TPSA) is 52.6 Å². The SMILES string of the molecule is CN=C(NCCCSc1nccs1)NC1CC2CCC(C1)N2Cc1ccccc1.I. The molecule has 4 rings (SSSR count). The van der Waals surface area contributed by atoms with Gasteiger partial charge in [0.1, 0.15) is 4.34 Å². The van der Waals surface area contributed by atoms with Gasteiger partial charge in [0.05, 0.1) is 0 Å². The predicted octanol–water partition coefficient (Wildman–Crippen LogP) is 4.60. The number of fused-ring (bicyclic) bond motifs is 2. The number of aromatic nitrogens is 1. The van der Waals surface area contributed by atoms with Crippen molar-refractivity contribution in [3.05, 3.63) is 47.5 Å². The van der Waals surface area contributed by atoms with Crippen molar-refractivity contribution >= 4 is 53.0 Å². The van der Waals surface area contributed by atoms with Gasteiger partial charge < -0.3 is 10.6 Å². The van der Waals surface area contributed by atoms with Gasteiger partial charge in [-0.2, -0.15) is 0 Å². The quantitative estimate of drug-likeness (QED) is 0.163. The highest BCUT2D eigenvalue weighted by molar-refractivity contribution is 14.0. The van der Waals surface area contributed by atoms with E-state index in [1.165, 1.54) is 31.2 Å². The van der Waals surface area contributed by atoms with E-state index in [0.29, 0.717) is 18.1 Å². The van der Waals surface area contributed by atoms with Crippen molar-refractivity contribution in [3.63, 3.8) is 0 Å². The molecule has 2 aliphatic rings. The second-order valence-electron chi connectivity index (χ2n) is 7.85. The van der Waals surface area contributed by atoms with Crippen LogP contribution in [0.2, 0.25) is 0 Å². The molecule has 0 amide bonds. The minimum absolute atomic E-state index is 0. The van der Waals surface area contributed by atoms with Crippen LogP contribution in [0.4, 0.5) is 0 Å². The van der Waals surface area contributed by atoms with Crippen molar-refractivity contribution in [1.82, 2.24) is 20.5 Å². The number of thiazole rings is 1. The van der Waals surface area contributed by atoms with E-state index in [0.717, 1.165) is 35.6 Å².